The summed E-state index contributed by atoms with van der Waals surface area (Å²) in [6, 6.07) is 0. The van der Waals surface area contributed by atoms with Gasteiger partial charge in [0.1, 0.15) is 30.2 Å². The number of nitrogens with one attached hydrogen (secondary N) is 1. The molecule has 62 heavy (non-hydrogen) atoms. The first-order valence-corrected chi connectivity index (χ1v) is 22.5. The number of amides is 3. The molecule has 1 rings (SSSR count). The van der Waals surface area contributed by atoms with Gasteiger partial charge in [0.2, 0.25) is 5.91 Å². The molecule has 356 valence electrons. The van der Waals surface area contributed by atoms with Crippen molar-refractivity contribution in [3.8, 4) is 0 Å². The molecule has 0 unspecified atom stereocenters. The molecule has 0 bridgehead atoms. The van der Waals surface area contributed by atoms with Gasteiger partial charge in [0, 0.05) is 58.1 Å². The number of rotatable bonds is 37. The monoisotopic (exact) mass is 885 g/mol. The van der Waals surface area contributed by atoms with Gasteiger partial charge in [-0.2, -0.15) is 0 Å². The van der Waals surface area contributed by atoms with Crippen LogP contribution in [-0.4, -0.2) is 123 Å². The summed E-state index contributed by atoms with van der Waals surface area (Å²) in [4.78, 5) is 101. The molecular formula is C45H76N2O15. The summed E-state index contributed by atoms with van der Waals surface area (Å²) in [5.41, 5.74) is -1.15. The van der Waals surface area contributed by atoms with Crippen molar-refractivity contribution >= 4 is 47.2 Å². The number of imide groups is 1. The van der Waals surface area contributed by atoms with Gasteiger partial charge in [0.25, 0.3) is 11.8 Å². The first kappa shape index (κ1) is 56.2. The van der Waals surface area contributed by atoms with E-state index in [1.165, 1.54) is 0 Å². The molecule has 0 saturated carbocycles. The lowest BCUT2D eigenvalue weighted by molar-refractivity contribution is -0.200. The van der Waals surface area contributed by atoms with Crippen molar-refractivity contribution in [3.63, 3.8) is 0 Å². The summed E-state index contributed by atoms with van der Waals surface area (Å²) in [6.45, 7) is 11.9. The van der Waals surface area contributed by atoms with Gasteiger partial charge in [-0.05, 0) is 67.2 Å². The van der Waals surface area contributed by atoms with E-state index in [9.17, 15) is 38.4 Å². The average Bonchev–Trinajstić information content (AvgIpc) is 3.49. The maximum atomic E-state index is 12.9. The molecule has 1 aliphatic rings. The zero-order valence-corrected chi connectivity index (χ0v) is 38.4. The third-order valence-electron chi connectivity index (χ3n) is 9.18. The smallest absolute Gasteiger partial charge is 0.358 e. The number of ketones is 2. The van der Waals surface area contributed by atoms with Gasteiger partial charge in [-0.15, -0.1) is 5.06 Å². The third kappa shape index (κ3) is 32.0. The number of Topliss-reactive ketones (excluding diaryl/α,β-unsaturated/α-hetero) is 2. The summed E-state index contributed by atoms with van der Waals surface area (Å²) in [6.07, 6.45) is 12.3. The number of carbonyl (C=O) groups excluding carboxylic acids is 8. The Morgan fingerprint density at radius 2 is 1.05 bits per heavy atom. The number of ether oxygens (including phenoxy) is 6. The van der Waals surface area contributed by atoms with Crippen LogP contribution < -0.4 is 5.32 Å². The van der Waals surface area contributed by atoms with E-state index in [1.807, 2.05) is 20.8 Å². The van der Waals surface area contributed by atoms with Crippen LogP contribution in [0.3, 0.4) is 0 Å². The molecule has 0 aromatic heterocycles. The molecule has 1 N–H and O–H groups in total. The molecule has 1 heterocycles. The number of carbonyl (C=O) groups is 8. The largest absolute Gasteiger partial charge is 0.460 e. The zero-order valence-electron chi connectivity index (χ0n) is 38.4. The Kier molecular flexibility index (Phi) is 29.8. The normalized spacial score (nSPS) is 13.5. The van der Waals surface area contributed by atoms with Crippen molar-refractivity contribution in [2.24, 2.45) is 5.92 Å². The first-order valence-electron chi connectivity index (χ1n) is 22.5. The van der Waals surface area contributed by atoms with Crippen LogP contribution in [0.1, 0.15) is 164 Å². The minimum atomic E-state index is -0.863. The number of hydrogen-bond acceptors (Lipinski definition) is 15. The number of nitrogens with zero attached hydrogens (tertiary/aromatic N) is 1. The predicted octanol–water partition coefficient (Wildman–Crippen LogP) is 5.85. The number of hydrogen-bond donors (Lipinski definition) is 1. The van der Waals surface area contributed by atoms with Crippen molar-refractivity contribution in [1.29, 1.82) is 0 Å². The first-order chi connectivity index (χ1) is 29.4. The molecule has 3 amide bonds. The molecule has 1 aliphatic heterocycles. The van der Waals surface area contributed by atoms with Gasteiger partial charge >= 0.3 is 17.9 Å². The van der Waals surface area contributed by atoms with E-state index in [2.05, 4.69) is 10.2 Å². The highest BCUT2D eigenvalue weighted by Crippen LogP contribution is 2.21. The second-order valence-electron chi connectivity index (χ2n) is 17.5. The van der Waals surface area contributed by atoms with Crippen LogP contribution in [0.15, 0.2) is 0 Å². The number of esters is 2. The van der Waals surface area contributed by atoms with Crippen LogP contribution in [-0.2, 0) is 71.6 Å². The second kappa shape index (κ2) is 32.8. The Morgan fingerprint density at radius 1 is 0.548 bits per heavy atom. The van der Waals surface area contributed by atoms with Gasteiger partial charge in [-0.1, -0.05) is 51.4 Å². The fraction of sp³-hybridized carbons (Fsp3) is 0.822. The molecule has 0 spiro atoms. The van der Waals surface area contributed by atoms with Gasteiger partial charge in [0.15, 0.2) is 5.78 Å². The van der Waals surface area contributed by atoms with Gasteiger partial charge in [-0.3, -0.25) is 33.6 Å². The van der Waals surface area contributed by atoms with Crippen molar-refractivity contribution in [3.05, 3.63) is 0 Å². The van der Waals surface area contributed by atoms with Crippen molar-refractivity contribution in [1.82, 2.24) is 10.4 Å². The molecule has 17 heteroatoms. The Hall–Kier alpha value is -3.80. The van der Waals surface area contributed by atoms with Crippen LogP contribution in [0.4, 0.5) is 0 Å². The Balaban J connectivity index is 2.09. The lowest BCUT2D eigenvalue weighted by Crippen LogP contribution is -2.33. The van der Waals surface area contributed by atoms with Crippen molar-refractivity contribution in [2.75, 3.05) is 59.4 Å². The minimum Gasteiger partial charge on any atom is -0.460 e. The molecule has 0 aromatic carbocycles. The Bertz CT molecular complexity index is 1360. The van der Waals surface area contributed by atoms with E-state index in [4.69, 9.17) is 28.4 Å². The van der Waals surface area contributed by atoms with Gasteiger partial charge in [-0.25, -0.2) is 4.79 Å². The fourth-order valence-electron chi connectivity index (χ4n) is 6.13. The summed E-state index contributed by atoms with van der Waals surface area (Å²) in [7, 11) is 0. The molecule has 1 atom stereocenters. The van der Waals surface area contributed by atoms with E-state index in [0.29, 0.717) is 30.9 Å². The lowest BCUT2D eigenvalue weighted by atomic mass is 9.94. The van der Waals surface area contributed by atoms with Gasteiger partial charge < -0.3 is 38.6 Å². The summed E-state index contributed by atoms with van der Waals surface area (Å²) in [5, 5.41) is 3.22. The molecule has 0 aromatic rings. The SMILES string of the molecule is CC(C)(C)OC(=O)CCCCCCCCCCCCC(=O)C[C@@H](CCC(=O)NCCOCCOCC(=O)CCCOCCOCC(=O)ON1C(=O)CCC1=O)C(=O)OC(C)(C)C. The predicted molar refractivity (Wildman–Crippen MR) is 227 cm³/mol. The number of hydroxylamine groups is 2. The van der Waals surface area contributed by atoms with Crippen molar-refractivity contribution in [2.45, 2.75) is 175 Å². The lowest BCUT2D eigenvalue weighted by Gasteiger charge is -2.23. The maximum absolute atomic E-state index is 12.9. The third-order valence-corrected chi connectivity index (χ3v) is 9.18. The molecule has 17 nitrogen and oxygen atoms in total. The van der Waals surface area contributed by atoms with Gasteiger partial charge in [0.05, 0.1) is 39.0 Å². The highest BCUT2D eigenvalue weighted by molar-refractivity contribution is 6.01. The highest BCUT2D eigenvalue weighted by Gasteiger charge is 2.33. The zero-order chi connectivity index (χ0) is 46.2. The standard InChI is InChI=1S/C45H76N2O15/c1-44(2,3)60-41(53)20-16-14-12-10-8-7-9-11-13-15-18-36(48)32-35(43(55)61-45(4,5)6)21-22-38(50)46-25-27-57-29-30-58-33-37(49)19-17-26-56-28-31-59-34-42(54)62-47-39(51)23-24-40(47)52/h35H,7-34H2,1-6H3,(H,46,50)/t35-/m1/s1. The van der Waals surface area contributed by atoms with E-state index in [1.54, 1.807) is 20.8 Å². The summed E-state index contributed by atoms with van der Waals surface area (Å²) >= 11 is 0. The minimum absolute atomic E-state index is 0.00389. The quantitative estimate of drug-likeness (QED) is 0.0440. The van der Waals surface area contributed by atoms with Crippen LogP contribution in [0, 0.1) is 5.92 Å². The van der Waals surface area contributed by atoms with E-state index < -0.39 is 47.5 Å². The Labute approximate surface area is 368 Å². The Morgan fingerprint density at radius 3 is 1.63 bits per heavy atom. The number of unbranched alkanes of at least 4 members (excludes halogenated alkanes) is 9. The second-order valence-corrected chi connectivity index (χ2v) is 17.5. The molecular weight excluding hydrogens is 808 g/mol. The molecule has 0 aliphatic carbocycles. The topological polar surface area (TPSA) is 216 Å². The summed E-state index contributed by atoms with van der Waals surface area (Å²) in [5.74, 6) is -3.66. The fourth-order valence-corrected chi connectivity index (χ4v) is 6.13. The molecule has 1 saturated heterocycles. The van der Waals surface area contributed by atoms with Crippen LogP contribution >= 0.6 is 0 Å². The van der Waals surface area contributed by atoms with Crippen LogP contribution in [0.5, 0.6) is 0 Å². The average molecular weight is 885 g/mol. The van der Waals surface area contributed by atoms with E-state index >= 15 is 0 Å². The van der Waals surface area contributed by atoms with Crippen LogP contribution in [0.25, 0.3) is 0 Å². The summed E-state index contributed by atoms with van der Waals surface area (Å²) < 4.78 is 32.2. The van der Waals surface area contributed by atoms with E-state index in [-0.39, 0.29) is 108 Å². The molecule has 0 radical (unpaired) electrons. The highest BCUT2D eigenvalue weighted by atomic mass is 16.7. The van der Waals surface area contributed by atoms with Crippen molar-refractivity contribution < 1.29 is 71.6 Å². The van der Waals surface area contributed by atoms with Crippen LogP contribution in [0.2, 0.25) is 0 Å². The van der Waals surface area contributed by atoms with E-state index in [0.717, 1.165) is 64.2 Å². The molecule has 1 fully saturated rings. The maximum Gasteiger partial charge on any atom is 0.358 e.